The molecule has 1 aromatic carbocycles. The first-order valence-corrected chi connectivity index (χ1v) is 8.78. The molecule has 0 spiro atoms. The summed E-state index contributed by atoms with van der Waals surface area (Å²) in [4.78, 5) is 0. The van der Waals surface area contributed by atoms with Gasteiger partial charge in [0.05, 0.1) is 4.47 Å². The molecular weight excluding hydrogens is 373 g/mol. The lowest BCUT2D eigenvalue weighted by atomic mass is 10.2. The lowest BCUT2D eigenvalue weighted by Gasteiger charge is -2.07. The van der Waals surface area contributed by atoms with Gasteiger partial charge < -0.3 is 0 Å². The molecule has 0 unspecified atom stereocenters. The smallest absolute Gasteiger partial charge is 0.296 e. The van der Waals surface area contributed by atoms with Crippen molar-refractivity contribution in [2.24, 2.45) is 0 Å². The Morgan fingerprint density at radius 3 is 2.65 bits per heavy atom. The van der Waals surface area contributed by atoms with Crippen LogP contribution in [0.5, 0.6) is 0 Å². The Balaban J connectivity index is 2.62. The van der Waals surface area contributed by atoms with Crippen molar-refractivity contribution in [2.45, 2.75) is 25.0 Å². The predicted octanol–water partition coefficient (Wildman–Crippen LogP) is 3.18. The molecule has 0 N–H and O–H groups in total. The third kappa shape index (κ3) is 3.02. The molecule has 2 aromatic rings. The van der Waals surface area contributed by atoms with E-state index in [1.54, 1.807) is 0 Å². The SMILES string of the molecule is CCCn1c(-c2ccc(F)c(Br)c2)nnc1S(=O)(=O)Cl. The van der Waals surface area contributed by atoms with Gasteiger partial charge in [-0.05, 0) is 40.5 Å². The van der Waals surface area contributed by atoms with Crippen LogP contribution in [0.3, 0.4) is 0 Å². The van der Waals surface area contributed by atoms with E-state index in [1.165, 1.54) is 22.8 Å². The van der Waals surface area contributed by atoms with Crippen LogP contribution in [0.4, 0.5) is 4.39 Å². The molecule has 2 rings (SSSR count). The second-order valence-electron chi connectivity index (χ2n) is 4.02. The van der Waals surface area contributed by atoms with Crippen LogP contribution in [0.2, 0.25) is 0 Å². The fourth-order valence-electron chi connectivity index (χ4n) is 1.74. The van der Waals surface area contributed by atoms with Gasteiger partial charge in [0.25, 0.3) is 14.2 Å². The fourth-order valence-corrected chi connectivity index (χ4v) is 3.04. The van der Waals surface area contributed by atoms with E-state index in [-0.39, 0.29) is 9.63 Å². The zero-order chi connectivity index (χ0) is 14.9. The quantitative estimate of drug-likeness (QED) is 0.762. The van der Waals surface area contributed by atoms with Crippen LogP contribution < -0.4 is 0 Å². The normalized spacial score (nSPS) is 11.8. The zero-order valence-electron chi connectivity index (χ0n) is 10.3. The van der Waals surface area contributed by atoms with Crippen LogP contribution in [-0.4, -0.2) is 23.2 Å². The van der Waals surface area contributed by atoms with Crippen LogP contribution in [0, 0.1) is 5.82 Å². The monoisotopic (exact) mass is 381 g/mol. The molecule has 1 aromatic heterocycles. The van der Waals surface area contributed by atoms with Gasteiger partial charge in [0.15, 0.2) is 5.82 Å². The molecule has 0 bridgehead atoms. The molecule has 0 fully saturated rings. The fraction of sp³-hybridized carbons (Fsp3) is 0.273. The number of hydrogen-bond donors (Lipinski definition) is 0. The summed E-state index contributed by atoms with van der Waals surface area (Å²) in [5.41, 5.74) is 0.547. The summed E-state index contributed by atoms with van der Waals surface area (Å²) in [6, 6.07) is 4.27. The molecule has 108 valence electrons. The van der Waals surface area contributed by atoms with Crippen LogP contribution >= 0.6 is 26.6 Å². The van der Waals surface area contributed by atoms with Gasteiger partial charge in [-0.25, -0.2) is 12.8 Å². The van der Waals surface area contributed by atoms with Crippen molar-refractivity contribution in [1.82, 2.24) is 14.8 Å². The number of halogens is 3. The molecule has 0 saturated carbocycles. The van der Waals surface area contributed by atoms with Crippen molar-refractivity contribution in [3.05, 3.63) is 28.5 Å². The van der Waals surface area contributed by atoms with Gasteiger partial charge >= 0.3 is 0 Å². The van der Waals surface area contributed by atoms with Gasteiger partial charge in [-0.1, -0.05) is 6.92 Å². The van der Waals surface area contributed by atoms with E-state index in [4.69, 9.17) is 10.7 Å². The first-order valence-electron chi connectivity index (χ1n) is 5.68. The molecule has 0 radical (unpaired) electrons. The third-order valence-electron chi connectivity index (χ3n) is 2.56. The number of hydrogen-bond acceptors (Lipinski definition) is 4. The maximum atomic E-state index is 13.3. The van der Waals surface area contributed by atoms with Crippen molar-refractivity contribution in [2.75, 3.05) is 0 Å². The minimum absolute atomic E-state index is 0.260. The van der Waals surface area contributed by atoms with Crippen molar-refractivity contribution >= 4 is 35.7 Å². The van der Waals surface area contributed by atoms with Gasteiger partial charge in [0.1, 0.15) is 5.82 Å². The highest BCUT2D eigenvalue weighted by molar-refractivity contribution is 9.10. The second-order valence-corrected chi connectivity index (χ2v) is 7.34. The van der Waals surface area contributed by atoms with Gasteiger partial charge in [0.2, 0.25) is 0 Å². The standard InChI is InChI=1S/C11H10BrClFN3O2S/c1-2-5-17-10(15-16-11(17)20(13,18)19)7-3-4-9(14)8(12)6-7/h3-4,6H,2,5H2,1H3. The maximum absolute atomic E-state index is 13.3. The Kier molecular flexibility index (Phi) is 4.46. The maximum Gasteiger partial charge on any atom is 0.296 e. The van der Waals surface area contributed by atoms with Crippen LogP contribution in [0.15, 0.2) is 27.8 Å². The minimum atomic E-state index is -3.99. The molecule has 9 heteroatoms. The van der Waals surface area contributed by atoms with Crippen LogP contribution in [0.25, 0.3) is 11.4 Å². The van der Waals surface area contributed by atoms with E-state index in [1.807, 2.05) is 6.92 Å². The first-order chi connectivity index (χ1) is 9.34. The van der Waals surface area contributed by atoms with Crippen LogP contribution in [0.1, 0.15) is 13.3 Å². The minimum Gasteiger partial charge on any atom is -0.297 e. The van der Waals surface area contributed by atoms with Gasteiger partial charge in [-0.15, -0.1) is 10.2 Å². The lowest BCUT2D eigenvalue weighted by Crippen LogP contribution is -2.07. The molecule has 0 aliphatic carbocycles. The summed E-state index contributed by atoms with van der Waals surface area (Å²) >= 11 is 3.08. The summed E-state index contributed by atoms with van der Waals surface area (Å²) in [5, 5.41) is 7.16. The van der Waals surface area contributed by atoms with Gasteiger partial charge in [0, 0.05) is 22.8 Å². The summed E-state index contributed by atoms with van der Waals surface area (Å²) in [5.74, 6) is -0.0905. The van der Waals surface area contributed by atoms with Crippen molar-refractivity contribution in [1.29, 1.82) is 0 Å². The highest BCUT2D eigenvalue weighted by Gasteiger charge is 2.23. The Morgan fingerprint density at radius 2 is 2.10 bits per heavy atom. The molecular formula is C11H10BrClFN3O2S. The molecule has 0 aliphatic rings. The average Bonchev–Trinajstić information content (AvgIpc) is 2.77. The first kappa shape index (κ1) is 15.4. The highest BCUT2D eigenvalue weighted by atomic mass is 79.9. The van der Waals surface area contributed by atoms with E-state index < -0.39 is 14.9 Å². The van der Waals surface area contributed by atoms with Crippen molar-refractivity contribution < 1.29 is 12.8 Å². The molecule has 0 saturated heterocycles. The third-order valence-corrected chi connectivity index (χ3v) is 4.32. The number of benzene rings is 1. The van der Waals surface area contributed by atoms with Gasteiger partial charge in [-0.3, -0.25) is 4.57 Å². The largest absolute Gasteiger partial charge is 0.297 e. The molecule has 5 nitrogen and oxygen atoms in total. The molecule has 1 heterocycles. The van der Waals surface area contributed by atoms with Crippen LogP contribution in [-0.2, 0) is 15.6 Å². The average molecular weight is 383 g/mol. The second kappa shape index (κ2) is 5.79. The summed E-state index contributed by atoms with van der Waals surface area (Å²) in [6.07, 6.45) is 0.673. The number of nitrogens with zero attached hydrogens (tertiary/aromatic N) is 3. The highest BCUT2D eigenvalue weighted by Crippen LogP contribution is 2.26. The van der Waals surface area contributed by atoms with Gasteiger partial charge in [-0.2, -0.15) is 0 Å². The van der Waals surface area contributed by atoms with E-state index in [0.717, 1.165) is 0 Å². The van der Waals surface area contributed by atoms with E-state index in [9.17, 15) is 12.8 Å². The number of aromatic nitrogens is 3. The summed E-state index contributed by atoms with van der Waals surface area (Å²) in [6.45, 7) is 2.27. The lowest BCUT2D eigenvalue weighted by molar-refractivity contribution is 0.569. The van der Waals surface area contributed by atoms with E-state index >= 15 is 0 Å². The topological polar surface area (TPSA) is 64.8 Å². The molecule has 0 atom stereocenters. The zero-order valence-corrected chi connectivity index (χ0v) is 13.5. The van der Waals surface area contributed by atoms with E-state index in [2.05, 4.69) is 26.1 Å². The molecule has 0 aliphatic heterocycles. The Hall–Kier alpha value is -0.990. The van der Waals surface area contributed by atoms with Crippen molar-refractivity contribution in [3.8, 4) is 11.4 Å². The van der Waals surface area contributed by atoms with E-state index in [0.29, 0.717) is 24.4 Å². The number of rotatable bonds is 4. The molecule has 20 heavy (non-hydrogen) atoms. The summed E-state index contributed by atoms with van der Waals surface area (Å²) < 4.78 is 37.9. The Morgan fingerprint density at radius 1 is 1.40 bits per heavy atom. The van der Waals surface area contributed by atoms with Crippen molar-refractivity contribution in [3.63, 3.8) is 0 Å². The Labute approximate surface area is 128 Å². The summed E-state index contributed by atoms with van der Waals surface area (Å²) in [7, 11) is 1.35. The predicted molar refractivity (Wildman–Crippen MR) is 76.4 cm³/mol. The molecule has 0 amide bonds. The Bertz CT molecular complexity index is 748.